The first-order valence-corrected chi connectivity index (χ1v) is 9.02. The smallest absolute Gasteiger partial charge is 0.228 e. The van der Waals surface area contributed by atoms with Gasteiger partial charge in [-0.2, -0.15) is 0 Å². The van der Waals surface area contributed by atoms with Crippen LogP contribution in [0.3, 0.4) is 0 Å². The van der Waals surface area contributed by atoms with E-state index >= 15 is 0 Å². The number of rotatable bonds is 2. The van der Waals surface area contributed by atoms with E-state index in [0.717, 1.165) is 44.5 Å². The maximum atomic E-state index is 13.2. The lowest BCUT2D eigenvalue weighted by Crippen LogP contribution is -2.44. The second-order valence-corrected chi connectivity index (χ2v) is 7.16. The SMILES string of the molecule is O=C(C1CCCOC1c1ccccc1)N1CCC2CCC(C1)N2. The average molecular weight is 314 g/mol. The van der Waals surface area contributed by atoms with Crippen LogP contribution in [0.25, 0.3) is 0 Å². The van der Waals surface area contributed by atoms with Gasteiger partial charge < -0.3 is 15.0 Å². The van der Waals surface area contributed by atoms with E-state index in [-0.39, 0.29) is 12.0 Å². The van der Waals surface area contributed by atoms with Gasteiger partial charge in [0.2, 0.25) is 5.91 Å². The first kappa shape index (κ1) is 15.2. The minimum atomic E-state index is -0.0779. The number of benzene rings is 1. The van der Waals surface area contributed by atoms with Gasteiger partial charge in [0.1, 0.15) is 0 Å². The summed E-state index contributed by atoms with van der Waals surface area (Å²) in [6, 6.07) is 11.4. The predicted octanol–water partition coefficient (Wildman–Crippen LogP) is 2.51. The van der Waals surface area contributed by atoms with E-state index in [1.807, 2.05) is 18.2 Å². The Bertz CT molecular complexity index is 548. The number of amides is 1. The van der Waals surface area contributed by atoms with Gasteiger partial charge in [-0.25, -0.2) is 0 Å². The van der Waals surface area contributed by atoms with Crippen LogP contribution in [-0.4, -0.2) is 42.6 Å². The lowest BCUT2D eigenvalue weighted by atomic mass is 9.88. The normalized spacial score (nSPS) is 34.2. The highest BCUT2D eigenvalue weighted by molar-refractivity contribution is 5.80. The predicted molar refractivity (Wildman–Crippen MR) is 89.0 cm³/mol. The van der Waals surface area contributed by atoms with Crippen molar-refractivity contribution >= 4 is 5.91 Å². The Morgan fingerprint density at radius 2 is 1.91 bits per heavy atom. The molecular formula is C19H26N2O2. The molecule has 1 N–H and O–H groups in total. The van der Waals surface area contributed by atoms with Crippen molar-refractivity contribution in [2.75, 3.05) is 19.7 Å². The topological polar surface area (TPSA) is 41.6 Å². The van der Waals surface area contributed by atoms with Crippen molar-refractivity contribution in [1.29, 1.82) is 0 Å². The van der Waals surface area contributed by atoms with Crippen molar-refractivity contribution in [3.8, 4) is 0 Å². The number of hydrogen-bond acceptors (Lipinski definition) is 3. The summed E-state index contributed by atoms with van der Waals surface area (Å²) < 4.78 is 6.02. The third-order valence-corrected chi connectivity index (χ3v) is 5.60. The highest BCUT2D eigenvalue weighted by atomic mass is 16.5. The summed E-state index contributed by atoms with van der Waals surface area (Å²) in [7, 11) is 0. The van der Waals surface area contributed by atoms with Crippen LogP contribution in [0.4, 0.5) is 0 Å². The molecule has 0 saturated carbocycles. The fraction of sp³-hybridized carbons (Fsp3) is 0.632. The Morgan fingerprint density at radius 1 is 1.09 bits per heavy atom. The van der Waals surface area contributed by atoms with Crippen LogP contribution in [0, 0.1) is 5.92 Å². The van der Waals surface area contributed by atoms with E-state index in [0.29, 0.717) is 18.0 Å². The van der Waals surface area contributed by atoms with Crippen LogP contribution in [0.5, 0.6) is 0 Å². The van der Waals surface area contributed by atoms with E-state index in [4.69, 9.17) is 4.74 Å². The van der Waals surface area contributed by atoms with Crippen molar-refractivity contribution in [2.45, 2.75) is 50.3 Å². The summed E-state index contributed by atoms with van der Waals surface area (Å²) in [5, 5.41) is 3.66. The van der Waals surface area contributed by atoms with Gasteiger partial charge >= 0.3 is 0 Å². The Morgan fingerprint density at radius 3 is 2.78 bits per heavy atom. The lowest BCUT2D eigenvalue weighted by molar-refractivity contribution is -0.145. The maximum Gasteiger partial charge on any atom is 0.228 e. The van der Waals surface area contributed by atoms with Gasteiger partial charge in [0.25, 0.3) is 0 Å². The van der Waals surface area contributed by atoms with Crippen LogP contribution < -0.4 is 5.32 Å². The molecule has 3 heterocycles. The lowest BCUT2D eigenvalue weighted by Gasteiger charge is -2.35. The minimum Gasteiger partial charge on any atom is -0.373 e. The zero-order valence-electron chi connectivity index (χ0n) is 13.6. The molecule has 0 aromatic heterocycles. The molecule has 3 saturated heterocycles. The second kappa shape index (κ2) is 6.62. The quantitative estimate of drug-likeness (QED) is 0.912. The highest BCUT2D eigenvalue weighted by Gasteiger charge is 2.38. The van der Waals surface area contributed by atoms with E-state index in [1.165, 1.54) is 12.8 Å². The van der Waals surface area contributed by atoms with Crippen LogP contribution >= 0.6 is 0 Å². The first-order chi connectivity index (χ1) is 11.3. The molecule has 4 nitrogen and oxygen atoms in total. The number of fused-ring (bicyclic) bond motifs is 2. The number of likely N-dealkylation sites (tertiary alicyclic amines) is 1. The Balaban J connectivity index is 1.51. The fourth-order valence-corrected chi connectivity index (χ4v) is 4.38. The molecule has 3 fully saturated rings. The molecule has 1 amide bonds. The van der Waals surface area contributed by atoms with Crippen molar-refractivity contribution < 1.29 is 9.53 Å². The molecular weight excluding hydrogens is 288 g/mol. The zero-order valence-corrected chi connectivity index (χ0v) is 13.6. The third-order valence-electron chi connectivity index (χ3n) is 5.60. The van der Waals surface area contributed by atoms with Gasteiger partial charge in [-0.1, -0.05) is 30.3 Å². The number of hydrogen-bond donors (Lipinski definition) is 1. The standard InChI is InChI=1S/C19H26N2O2/c22-19(21-11-10-15-8-9-16(13-21)20-15)17-7-4-12-23-18(17)14-5-2-1-3-6-14/h1-3,5-6,15-18,20H,4,7-13H2. The van der Waals surface area contributed by atoms with Gasteiger partial charge in [0.15, 0.2) is 0 Å². The Hall–Kier alpha value is -1.39. The number of carbonyl (C=O) groups excluding carboxylic acids is 1. The minimum absolute atomic E-state index is 0.0252. The molecule has 4 heteroatoms. The molecule has 0 radical (unpaired) electrons. The fourth-order valence-electron chi connectivity index (χ4n) is 4.38. The summed E-state index contributed by atoms with van der Waals surface area (Å²) in [4.78, 5) is 15.3. The zero-order chi connectivity index (χ0) is 15.6. The molecule has 3 aliphatic rings. The highest BCUT2D eigenvalue weighted by Crippen LogP contribution is 2.35. The van der Waals surface area contributed by atoms with Gasteiger partial charge in [0, 0.05) is 31.8 Å². The van der Waals surface area contributed by atoms with Crippen LogP contribution in [0.1, 0.15) is 43.8 Å². The summed E-state index contributed by atoms with van der Waals surface area (Å²) in [5.74, 6) is 0.274. The molecule has 23 heavy (non-hydrogen) atoms. The van der Waals surface area contributed by atoms with Gasteiger partial charge in [-0.3, -0.25) is 4.79 Å². The number of nitrogens with zero attached hydrogens (tertiary/aromatic N) is 1. The monoisotopic (exact) mass is 314 g/mol. The number of carbonyl (C=O) groups is 1. The summed E-state index contributed by atoms with van der Waals surface area (Å²) in [6.07, 6.45) is 5.41. The molecule has 124 valence electrons. The van der Waals surface area contributed by atoms with Crippen molar-refractivity contribution in [3.63, 3.8) is 0 Å². The van der Waals surface area contributed by atoms with Crippen LogP contribution in [-0.2, 0) is 9.53 Å². The van der Waals surface area contributed by atoms with E-state index < -0.39 is 0 Å². The maximum absolute atomic E-state index is 13.2. The second-order valence-electron chi connectivity index (χ2n) is 7.16. The third kappa shape index (κ3) is 3.15. The molecule has 4 rings (SSSR count). The molecule has 1 aromatic carbocycles. The summed E-state index contributed by atoms with van der Waals surface area (Å²) in [5.41, 5.74) is 1.14. The van der Waals surface area contributed by atoms with Crippen LogP contribution in [0.15, 0.2) is 30.3 Å². The van der Waals surface area contributed by atoms with E-state index in [2.05, 4.69) is 22.3 Å². The van der Waals surface area contributed by atoms with Gasteiger partial charge in [-0.15, -0.1) is 0 Å². The van der Waals surface area contributed by atoms with Gasteiger partial charge in [0.05, 0.1) is 12.0 Å². The molecule has 2 bridgehead atoms. The molecule has 0 aliphatic carbocycles. The average Bonchev–Trinajstić information content (AvgIpc) is 2.94. The summed E-state index contributed by atoms with van der Waals surface area (Å²) >= 11 is 0. The van der Waals surface area contributed by atoms with Crippen molar-refractivity contribution in [1.82, 2.24) is 10.2 Å². The molecule has 1 aromatic rings. The molecule has 4 atom stereocenters. The molecule has 3 aliphatic heterocycles. The Kier molecular flexibility index (Phi) is 4.36. The van der Waals surface area contributed by atoms with E-state index in [9.17, 15) is 4.79 Å². The van der Waals surface area contributed by atoms with Crippen molar-refractivity contribution in [3.05, 3.63) is 35.9 Å². The molecule has 4 unspecified atom stereocenters. The summed E-state index contributed by atoms with van der Waals surface area (Å²) in [6.45, 7) is 2.52. The Labute approximate surface area is 138 Å². The first-order valence-electron chi connectivity index (χ1n) is 9.02. The van der Waals surface area contributed by atoms with E-state index in [1.54, 1.807) is 0 Å². The molecule has 0 spiro atoms. The van der Waals surface area contributed by atoms with Gasteiger partial charge in [-0.05, 0) is 37.7 Å². The van der Waals surface area contributed by atoms with Crippen molar-refractivity contribution in [2.24, 2.45) is 5.92 Å². The van der Waals surface area contributed by atoms with Crippen LogP contribution in [0.2, 0.25) is 0 Å². The number of nitrogens with one attached hydrogen (secondary N) is 1. The largest absolute Gasteiger partial charge is 0.373 e. The number of ether oxygens (including phenoxy) is 1.